The van der Waals surface area contributed by atoms with E-state index in [1.165, 1.54) is 0 Å². The van der Waals surface area contributed by atoms with Crippen LogP contribution < -0.4 is 11.5 Å². The fraction of sp³-hybridized carbons (Fsp3) is 0.875. The zero-order valence-corrected chi connectivity index (χ0v) is 9.95. The van der Waals surface area contributed by atoms with Crippen molar-refractivity contribution in [1.82, 2.24) is 0 Å². The number of hydrogen-bond acceptors (Lipinski definition) is 4. The van der Waals surface area contributed by atoms with Crippen molar-refractivity contribution in [2.75, 3.05) is 13.2 Å². The summed E-state index contributed by atoms with van der Waals surface area (Å²) in [5.74, 6) is -0.967. The molecule has 0 heterocycles. The van der Waals surface area contributed by atoms with Crippen molar-refractivity contribution < 1.29 is 13.9 Å². The molecule has 0 amide bonds. The quantitative estimate of drug-likeness (QED) is 0.554. The first-order valence-electron chi connectivity index (χ1n) is 4.52. The Bertz CT molecular complexity index is 223. The molecule has 0 fully saturated rings. The van der Waals surface area contributed by atoms with Gasteiger partial charge < -0.3 is 16.2 Å². The van der Waals surface area contributed by atoms with Crippen molar-refractivity contribution >= 4 is 29.2 Å². The van der Waals surface area contributed by atoms with E-state index in [0.29, 0.717) is 6.42 Å². The highest BCUT2D eigenvalue weighted by Gasteiger charge is 2.54. The Hall–Kier alpha value is -0.100. The van der Waals surface area contributed by atoms with Crippen molar-refractivity contribution in [1.29, 1.82) is 0 Å². The summed E-state index contributed by atoms with van der Waals surface area (Å²) in [6, 6.07) is 0. The molecule has 0 spiro atoms. The number of rotatable bonds is 6. The molecule has 90 valence electrons. The average Bonchev–Trinajstić information content (AvgIpc) is 2.12. The topological polar surface area (TPSA) is 78.3 Å². The van der Waals surface area contributed by atoms with E-state index >= 15 is 0 Å². The van der Waals surface area contributed by atoms with Crippen LogP contribution in [-0.2, 0) is 9.53 Å². The lowest BCUT2D eigenvalue weighted by Crippen LogP contribution is -2.59. The zero-order valence-electron chi connectivity index (χ0n) is 8.43. The van der Waals surface area contributed by atoms with Gasteiger partial charge in [-0.25, -0.2) is 9.18 Å². The lowest BCUT2D eigenvalue weighted by molar-refractivity contribution is -0.152. The predicted octanol–water partition coefficient (Wildman–Crippen LogP) is 1.09. The summed E-state index contributed by atoms with van der Waals surface area (Å²) in [5, 5.41) is 0. The van der Waals surface area contributed by atoms with Gasteiger partial charge in [-0.15, -0.1) is 0 Å². The van der Waals surface area contributed by atoms with Gasteiger partial charge in [0.05, 0.1) is 6.61 Å². The van der Waals surface area contributed by atoms with Crippen LogP contribution in [0.2, 0.25) is 0 Å². The second-order valence-corrected chi connectivity index (χ2v) is 4.32. The van der Waals surface area contributed by atoms with Gasteiger partial charge in [-0.2, -0.15) is 0 Å². The summed E-state index contributed by atoms with van der Waals surface area (Å²) in [6.45, 7) is 1.90. The van der Waals surface area contributed by atoms with Crippen molar-refractivity contribution in [3.8, 4) is 0 Å². The number of carbonyl (C=O) groups excluding carboxylic acids is 1. The second kappa shape index (κ2) is 5.84. The van der Waals surface area contributed by atoms with Crippen molar-refractivity contribution in [2.24, 2.45) is 11.5 Å². The largest absolute Gasteiger partial charge is 0.464 e. The zero-order chi connectivity index (χ0) is 12.1. The normalized spacial score (nSPS) is 15.9. The number of nitrogens with two attached hydrogens (primary N) is 2. The molecule has 0 aromatic rings. The Morgan fingerprint density at radius 1 is 1.53 bits per heavy atom. The molecule has 0 saturated heterocycles. The third kappa shape index (κ3) is 3.75. The van der Waals surface area contributed by atoms with E-state index in [0.717, 1.165) is 0 Å². The van der Waals surface area contributed by atoms with Gasteiger partial charge in [0.25, 0.3) is 4.59 Å². The molecule has 0 aliphatic rings. The third-order valence-electron chi connectivity index (χ3n) is 1.92. The van der Waals surface area contributed by atoms with Crippen LogP contribution in [0.25, 0.3) is 0 Å². The molecule has 0 aliphatic carbocycles. The van der Waals surface area contributed by atoms with E-state index in [1.807, 2.05) is 0 Å². The summed E-state index contributed by atoms with van der Waals surface area (Å²) in [7, 11) is 0. The smallest absolute Gasteiger partial charge is 0.332 e. The second-order valence-electron chi connectivity index (χ2n) is 3.08. The van der Waals surface area contributed by atoms with Gasteiger partial charge in [0.1, 0.15) is 0 Å². The molecule has 4 nitrogen and oxygen atoms in total. The molecule has 7 heteroatoms. The summed E-state index contributed by atoms with van der Waals surface area (Å²) < 4.78 is 15.1. The maximum atomic E-state index is 13.4. The van der Waals surface area contributed by atoms with Gasteiger partial charge in [-0.3, -0.25) is 0 Å². The van der Waals surface area contributed by atoms with Gasteiger partial charge >= 0.3 is 5.97 Å². The third-order valence-corrected chi connectivity index (χ3v) is 2.60. The van der Waals surface area contributed by atoms with Gasteiger partial charge in [0.15, 0.2) is 5.54 Å². The van der Waals surface area contributed by atoms with Crippen LogP contribution in [0.3, 0.4) is 0 Å². The van der Waals surface area contributed by atoms with Crippen LogP contribution in [0, 0.1) is 0 Å². The van der Waals surface area contributed by atoms with Gasteiger partial charge in [0, 0.05) is 0 Å². The summed E-state index contributed by atoms with van der Waals surface area (Å²) >= 11 is 10.5. The van der Waals surface area contributed by atoms with Crippen molar-refractivity contribution in [3.05, 3.63) is 0 Å². The van der Waals surface area contributed by atoms with Crippen LogP contribution in [0.15, 0.2) is 0 Å². The predicted molar refractivity (Wildman–Crippen MR) is 57.4 cm³/mol. The fourth-order valence-corrected chi connectivity index (χ4v) is 1.34. The maximum Gasteiger partial charge on any atom is 0.332 e. The Labute approximate surface area is 98.0 Å². The van der Waals surface area contributed by atoms with Crippen LogP contribution in [-0.4, -0.2) is 29.2 Å². The van der Waals surface area contributed by atoms with E-state index in [2.05, 4.69) is 4.74 Å². The SMILES string of the molecule is CCOC(=O)[C@](N)(CCCN)C(F)(Cl)Cl. The van der Waals surface area contributed by atoms with Crippen LogP contribution in [0.4, 0.5) is 4.39 Å². The number of halogens is 3. The molecule has 15 heavy (non-hydrogen) atoms. The fourth-order valence-electron chi connectivity index (χ4n) is 1.00. The monoisotopic (exact) mass is 260 g/mol. The van der Waals surface area contributed by atoms with Gasteiger partial charge in [0.2, 0.25) is 0 Å². The molecule has 4 N–H and O–H groups in total. The molecule has 0 aromatic heterocycles. The molecular weight excluding hydrogens is 246 g/mol. The average molecular weight is 261 g/mol. The number of hydrogen-bond donors (Lipinski definition) is 2. The molecule has 0 aromatic carbocycles. The van der Waals surface area contributed by atoms with Crippen LogP contribution >= 0.6 is 23.2 Å². The number of alkyl halides is 3. The van der Waals surface area contributed by atoms with Gasteiger partial charge in [-0.1, -0.05) is 23.2 Å². The summed E-state index contributed by atoms with van der Waals surface area (Å²) in [5.41, 5.74) is 8.68. The van der Waals surface area contributed by atoms with E-state index in [4.69, 9.17) is 34.7 Å². The van der Waals surface area contributed by atoms with Crippen LogP contribution in [0.1, 0.15) is 19.8 Å². The van der Waals surface area contributed by atoms with E-state index in [-0.39, 0.29) is 19.6 Å². The highest BCUT2D eigenvalue weighted by molar-refractivity contribution is 6.49. The highest BCUT2D eigenvalue weighted by atomic mass is 35.5. The molecule has 0 bridgehead atoms. The highest BCUT2D eigenvalue weighted by Crippen LogP contribution is 2.37. The Morgan fingerprint density at radius 3 is 2.40 bits per heavy atom. The van der Waals surface area contributed by atoms with E-state index in [9.17, 15) is 9.18 Å². The lowest BCUT2D eigenvalue weighted by Gasteiger charge is -2.31. The maximum absolute atomic E-state index is 13.4. The number of carbonyl (C=O) groups is 1. The molecule has 0 saturated carbocycles. The molecule has 0 aliphatic heterocycles. The number of ether oxygens (including phenoxy) is 1. The van der Waals surface area contributed by atoms with E-state index in [1.54, 1.807) is 6.92 Å². The van der Waals surface area contributed by atoms with Crippen molar-refractivity contribution in [3.63, 3.8) is 0 Å². The minimum atomic E-state index is -2.88. The molecule has 1 atom stereocenters. The minimum Gasteiger partial charge on any atom is -0.464 e. The first kappa shape index (κ1) is 14.9. The van der Waals surface area contributed by atoms with Crippen LogP contribution in [0.5, 0.6) is 0 Å². The first-order valence-corrected chi connectivity index (χ1v) is 5.28. The molecule has 0 radical (unpaired) electrons. The summed E-state index contributed by atoms with van der Waals surface area (Å²) in [6.07, 6.45) is 0.242. The van der Waals surface area contributed by atoms with Gasteiger partial charge in [-0.05, 0) is 26.3 Å². The first-order chi connectivity index (χ1) is 6.79. The standard InChI is InChI=1S/C8H15Cl2FN2O2/c1-2-15-6(14)7(13,4-3-5-12)8(9,10)11/h2-5,12-13H2,1H3/t7-/m1/s1. The molecule has 0 rings (SSSR count). The molecule has 0 unspecified atom stereocenters. The Morgan fingerprint density at radius 2 is 2.07 bits per heavy atom. The lowest BCUT2D eigenvalue weighted by atomic mass is 9.95. The van der Waals surface area contributed by atoms with Crippen molar-refractivity contribution in [2.45, 2.75) is 29.9 Å². The Balaban J connectivity index is 4.77. The minimum absolute atomic E-state index is 0.0737. The number of esters is 1. The molecular formula is C8H15Cl2FN2O2. The summed E-state index contributed by atoms with van der Waals surface area (Å²) in [4.78, 5) is 11.4. The van der Waals surface area contributed by atoms with E-state index < -0.39 is 16.1 Å². The Kier molecular flexibility index (Phi) is 5.80.